The zero-order valence-electron chi connectivity index (χ0n) is 15.1. The predicted octanol–water partition coefficient (Wildman–Crippen LogP) is 5.40. The number of para-hydroxylation sites is 1. The van der Waals surface area contributed by atoms with E-state index in [0.29, 0.717) is 6.61 Å². The van der Waals surface area contributed by atoms with Crippen LogP contribution in [0.1, 0.15) is 16.3 Å². The molecule has 0 aliphatic rings. The number of aryl methyl sites for hydroxylation is 1. The van der Waals surface area contributed by atoms with E-state index in [9.17, 15) is 4.79 Å². The van der Waals surface area contributed by atoms with Crippen molar-refractivity contribution in [3.05, 3.63) is 76.3 Å². The molecule has 0 fully saturated rings. The van der Waals surface area contributed by atoms with Gasteiger partial charge in [-0.15, -0.1) is 23.1 Å². The molecule has 3 aromatic rings. The van der Waals surface area contributed by atoms with Gasteiger partial charge in [0.2, 0.25) is 5.91 Å². The number of rotatable bonds is 7. The Labute approximate surface area is 167 Å². The van der Waals surface area contributed by atoms with Crippen molar-refractivity contribution in [2.75, 3.05) is 11.6 Å². The van der Waals surface area contributed by atoms with E-state index in [0.717, 1.165) is 32.6 Å². The van der Waals surface area contributed by atoms with Gasteiger partial charge in [0, 0.05) is 27.6 Å². The summed E-state index contributed by atoms with van der Waals surface area (Å²) in [6, 6.07) is 15.4. The van der Waals surface area contributed by atoms with Crippen molar-refractivity contribution in [2.45, 2.75) is 18.4 Å². The highest BCUT2D eigenvalue weighted by Gasteiger charge is 2.04. The van der Waals surface area contributed by atoms with Crippen molar-refractivity contribution in [3.8, 4) is 5.75 Å². The van der Waals surface area contributed by atoms with Crippen molar-refractivity contribution in [1.29, 1.82) is 0 Å². The number of nitrogens with zero attached hydrogens (tertiary/aromatic N) is 1. The molecule has 0 aliphatic heterocycles. The van der Waals surface area contributed by atoms with Gasteiger partial charge in [-0.25, -0.2) is 4.98 Å². The van der Waals surface area contributed by atoms with Gasteiger partial charge in [-0.3, -0.25) is 4.79 Å². The molecule has 0 atom stereocenters. The van der Waals surface area contributed by atoms with Gasteiger partial charge in [-0.05, 0) is 43.5 Å². The molecular formula is C21H20N2O2S2. The van der Waals surface area contributed by atoms with E-state index < -0.39 is 0 Å². The second-order valence-electron chi connectivity index (χ2n) is 5.74. The lowest BCUT2D eigenvalue weighted by molar-refractivity contribution is -0.111. The van der Waals surface area contributed by atoms with Crippen molar-refractivity contribution in [1.82, 2.24) is 4.98 Å². The molecule has 0 saturated heterocycles. The van der Waals surface area contributed by atoms with Crippen LogP contribution in [0, 0.1) is 6.92 Å². The number of aromatic nitrogens is 1. The van der Waals surface area contributed by atoms with E-state index in [1.807, 2.05) is 67.1 Å². The van der Waals surface area contributed by atoms with Gasteiger partial charge in [-0.1, -0.05) is 24.3 Å². The van der Waals surface area contributed by atoms with Crippen molar-refractivity contribution in [3.63, 3.8) is 0 Å². The second kappa shape index (κ2) is 9.39. The van der Waals surface area contributed by atoms with E-state index in [4.69, 9.17) is 4.74 Å². The summed E-state index contributed by atoms with van der Waals surface area (Å²) in [5, 5.41) is 5.89. The quantitative estimate of drug-likeness (QED) is 0.429. The molecule has 1 amide bonds. The van der Waals surface area contributed by atoms with Crippen LogP contribution in [0.3, 0.4) is 0 Å². The molecule has 0 saturated carbocycles. The Bertz CT molecular complexity index is 951. The summed E-state index contributed by atoms with van der Waals surface area (Å²) in [6.07, 6.45) is 5.28. The number of carbonyl (C=O) groups is 1. The zero-order chi connectivity index (χ0) is 19.1. The highest BCUT2D eigenvalue weighted by Crippen LogP contribution is 2.22. The highest BCUT2D eigenvalue weighted by molar-refractivity contribution is 7.98. The summed E-state index contributed by atoms with van der Waals surface area (Å²) in [4.78, 5) is 17.7. The topological polar surface area (TPSA) is 51.2 Å². The lowest BCUT2D eigenvalue weighted by Crippen LogP contribution is -2.07. The first-order valence-corrected chi connectivity index (χ1v) is 10.5. The first kappa shape index (κ1) is 19.2. The van der Waals surface area contributed by atoms with Crippen LogP contribution in [-0.2, 0) is 11.4 Å². The van der Waals surface area contributed by atoms with Crippen molar-refractivity contribution < 1.29 is 9.53 Å². The van der Waals surface area contributed by atoms with E-state index in [1.165, 1.54) is 6.08 Å². The monoisotopic (exact) mass is 396 g/mol. The third kappa shape index (κ3) is 5.70. The first-order valence-electron chi connectivity index (χ1n) is 8.40. The minimum absolute atomic E-state index is 0.182. The number of hydrogen-bond acceptors (Lipinski definition) is 5. The summed E-state index contributed by atoms with van der Waals surface area (Å²) >= 11 is 3.24. The molecule has 4 nitrogen and oxygen atoms in total. The number of anilines is 1. The molecule has 0 unspecified atom stereocenters. The van der Waals surface area contributed by atoms with Crippen LogP contribution in [0.5, 0.6) is 5.75 Å². The Balaban J connectivity index is 1.64. The van der Waals surface area contributed by atoms with Gasteiger partial charge in [0.25, 0.3) is 0 Å². The minimum Gasteiger partial charge on any atom is -0.487 e. The van der Waals surface area contributed by atoms with Crippen LogP contribution in [0.4, 0.5) is 5.69 Å². The number of thioether (sulfide) groups is 1. The van der Waals surface area contributed by atoms with Gasteiger partial charge >= 0.3 is 0 Å². The third-order valence-electron chi connectivity index (χ3n) is 3.71. The molecule has 3 rings (SSSR count). The van der Waals surface area contributed by atoms with Crippen LogP contribution >= 0.6 is 23.1 Å². The van der Waals surface area contributed by atoms with E-state index in [2.05, 4.69) is 10.3 Å². The SMILES string of the molecule is CSc1cccc(NC(=O)/C=C/c2ccccc2OCc2csc(C)n2)c1. The molecule has 6 heteroatoms. The number of hydrogen-bond donors (Lipinski definition) is 1. The highest BCUT2D eigenvalue weighted by atomic mass is 32.2. The fourth-order valence-electron chi connectivity index (χ4n) is 2.43. The minimum atomic E-state index is -0.182. The molecule has 138 valence electrons. The fraction of sp³-hybridized carbons (Fsp3) is 0.143. The van der Waals surface area contributed by atoms with Crippen LogP contribution in [-0.4, -0.2) is 17.1 Å². The van der Waals surface area contributed by atoms with Gasteiger partial charge in [0.15, 0.2) is 0 Å². The third-order valence-corrected chi connectivity index (χ3v) is 5.26. The van der Waals surface area contributed by atoms with Gasteiger partial charge in [0.05, 0.1) is 10.7 Å². The van der Waals surface area contributed by atoms with Gasteiger partial charge in [-0.2, -0.15) is 0 Å². The van der Waals surface area contributed by atoms with Crippen molar-refractivity contribution >= 4 is 40.8 Å². The summed E-state index contributed by atoms with van der Waals surface area (Å²) in [5.74, 6) is 0.537. The van der Waals surface area contributed by atoms with E-state index in [-0.39, 0.29) is 5.91 Å². The number of amides is 1. The van der Waals surface area contributed by atoms with E-state index in [1.54, 1.807) is 29.2 Å². The first-order chi connectivity index (χ1) is 13.1. The number of nitrogens with one attached hydrogen (secondary N) is 1. The number of carbonyl (C=O) groups excluding carboxylic acids is 1. The van der Waals surface area contributed by atoms with Crippen LogP contribution < -0.4 is 10.1 Å². The Kier molecular flexibility index (Phi) is 6.68. The molecule has 0 radical (unpaired) electrons. The fourth-order valence-corrected chi connectivity index (χ4v) is 3.48. The maximum Gasteiger partial charge on any atom is 0.248 e. The molecule has 2 aromatic carbocycles. The van der Waals surface area contributed by atoms with Crippen LogP contribution in [0.2, 0.25) is 0 Å². The van der Waals surface area contributed by atoms with Crippen LogP contribution in [0.15, 0.2) is 64.9 Å². The molecule has 1 aromatic heterocycles. The Morgan fingerprint density at radius 1 is 1.26 bits per heavy atom. The van der Waals surface area contributed by atoms with Gasteiger partial charge in [0.1, 0.15) is 12.4 Å². The molecule has 1 N–H and O–H groups in total. The van der Waals surface area contributed by atoms with Gasteiger partial charge < -0.3 is 10.1 Å². The molecule has 1 heterocycles. The average molecular weight is 397 g/mol. The summed E-state index contributed by atoms with van der Waals surface area (Å²) in [5.41, 5.74) is 2.53. The van der Waals surface area contributed by atoms with E-state index >= 15 is 0 Å². The zero-order valence-corrected chi connectivity index (χ0v) is 16.8. The largest absolute Gasteiger partial charge is 0.487 e. The molecule has 0 spiro atoms. The van der Waals surface area contributed by atoms with Crippen LogP contribution in [0.25, 0.3) is 6.08 Å². The van der Waals surface area contributed by atoms with Crippen molar-refractivity contribution in [2.24, 2.45) is 0 Å². The lowest BCUT2D eigenvalue weighted by Gasteiger charge is -2.08. The predicted molar refractivity (Wildman–Crippen MR) is 114 cm³/mol. The maximum atomic E-state index is 12.2. The lowest BCUT2D eigenvalue weighted by atomic mass is 10.2. The number of ether oxygens (including phenoxy) is 1. The molecule has 0 aliphatic carbocycles. The number of thiazole rings is 1. The second-order valence-corrected chi connectivity index (χ2v) is 7.68. The molecule has 0 bridgehead atoms. The average Bonchev–Trinajstić information content (AvgIpc) is 3.10. The Morgan fingerprint density at radius 3 is 2.89 bits per heavy atom. The number of benzene rings is 2. The Hall–Kier alpha value is -2.57. The smallest absolute Gasteiger partial charge is 0.248 e. The standard InChI is InChI=1S/C21H20N2O2S2/c1-15-22-18(14-27-15)13-25-20-9-4-3-6-16(20)10-11-21(24)23-17-7-5-8-19(12-17)26-2/h3-12,14H,13H2,1-2H3,(H,23,24)/b11-10+. The molecular weight excluding hydrogens is 376 g/mol. The molecule has 27 heavy (non-hydrogen) atoms. The summed E-state index contributed by atoms with van der Waals surface area (Å²) < 4.78 is 5.88. The summed E-state index contributed by atoms with van der Waals surface area (Å²) in [7, 11) is 0. The normalized spacial score (nSPS) is 10.9. The Morgan fingerprint density at radius 2 is 2.11 bits per heavy atom. The summed E-state index contributed by atoms with van der Waals surface area (Å²) in [6.45, 7) is 2.38. The maximum absolute atomic E-state index is 12.2.